The van der Waals surface area contributed by atoms with E-state index >= 15 is 0 Å². The van der Waals surface area contributed by atoms with Crippen molar-refractivity contribution < 1.29 is 13.2 Å². The van der Waals surface area contributed by atoms with Gasteiger partial charge in [0.1, 0.15) is 0 Å². The third-order valence-corrected chi connectivity index (χ3v) is 3.26. The second-order valence-corrected chi connectivity index (χ2v) is 5.11. The van der Waals surface area contributed by atoms with Crippen LogP contribution in [-0.4, -0.2) is 17.0 Å². The first-order valence-electron chi connectivity index (χ1n) is 6.41. The van der Waals surface area contributed by atoms with Crippen molar-refractivity contribution in [2.75, 3.05) is 5.75 Å². The molecule has 0 bridgehead atoms. The fraction of sp³-hybridized carbons (Fsp3) is 0.267. The van der Waals surface area contributed by atoms with E-state index in [1.807, 2.05) is 24.5 Å². The summed E-state index contributed by atoms with van der Waals surface area (Å²) in [5, 5.41) is 9.26. The normalized spacial score (nSPS) is 11.4. The first-order chi connectivity index (χ1) is 10.1. The molecule has 1 aromatic rings. The van der Waals surface area contributed by atoms with Crippen molar-refractivity contribution in [3.8, 4) is 0 Å². The molecule has 0 spiro atoms. The van der Waals surface area contributed by atoms with E-state index in [-0.39, 0.29) is 12.1 Å². The minimum atomic E-state index is -1.48. The van der Waals surface area contributed by atoms with E-state index in [0.29, 0.717) is 0 Å². The third kappa shape index (κ3) is 6.08. The smallest absolute Gasteiger partial charge is 0.194 e. The van der Waals surface area contributed by atoms with Gasteiger partial charge in [0.2, 0.25) is 0 Å². The summed E-state index contributed by atoms with van der Waals surface area (Å²) in [4.78, 5) is 1.45. The van der Waals surface area contributed by atoms with Gasteiger partial charge in [0.15, 0.2) is 17.5 Å². The van der Waals surface area contributed by atoms with Gasteiger partial charge in [0.25, 0.3) is 0 Å². The fourth-order valence-electron chi connectivity index (χ4n) is 1.51. The van der Waals surface area contributed by atoms with Gasteiger partial charge in [-0.15, -0.1) is 11.8 Å². The summed E-state index contributed by atoms with van der Waals surface area (Å²) < 4.78 is 39.0. The summed E-state index contributed by atoms with van der Waals surface area (Å²) in [7, 11) is 0. The summed E-state index contributed by atoms with van der Waals surface area (Å²) >= 11 is 1.60. The number of nitrogens with one attached hydrogen (secondary N) is 1. The highest BCUT2D eigenvalue weighted by Crippen LogP contribution is 2.15. The Balaban J connectivity index is 2.60. The average molecular weight is 314 g/mol. The Morgan fingerprint density at radius 2 is 1.86 bits per heavy atom. The Hall–Kier alpha value is -1.69. The van der Waals surface area contributed by atoms with Gasteiger partial charge < -0.3 is 4.90 Å². The van der Waals surface area contributed by atoms with Crippen LogP contribution in [0.25, 0.3) is 0 Å². The zero-order chi connectivity index (χ0) is 15.7. The first kappa shape index (κ1) is 17.4. The van der Waals surface area contributed by atoms with Gasteiger partial charge in [-0.25, -0.2) is 13.2 Å². The molecule has 1 rings (SSSR count). The largest absolute Gasteiger partial charge is 0.335 e. The van der Waals surface area contributed by atoms with Gasteiger partial charge in [-0.05, 0) is 29.5 Å². The van der Waals surface area contributed by atoms with Crippen LogP contribution in [0.4, 0.5) is 13.2 Å². The van der Waals surface area contributed by atoms with Crippen LogP contribution in [0.3, 0.4) is 0 Å². The number of hydrogen-bond donors (Lipinski definition) is 1. The van der Waals surface area contributed by atoms with Crippen LogP contribution < -0.4 is 0 Å². The fourth-order valence-corrected chi connectivity index (χ4v) is 2.14. The van der Waals surface area contributed by atoms with Crippen molar-refractivity contribution in [2.45, 2.75) is 19.9 Å². The number of hydrogen-bond acceptors (Lipinski definition) is 2. The third-order valence-electron chi connectivity index (χ3n) is 2.49. The Morgan fingerprint density at radius 3 is 2.43 bits per heavy atom. The maximum absolute atomic E-state index is 13.1. The lowest BCUT2D eigenvalue weighted by atomic mass is 10.2. The molecule has 0 aliphatic carbocycles. The van der Waals surface area contributed by atoms with E-state index in [9.17, 15) is 13.2 Å². The van der Waals surface area contributed by atoms with E-state index in [1.165, 1.54) is 4.90 Å². The lowest BCUT2D eigenvalue weighted by Crippen LogP contribution is -2.14. The molecule has 2 nitrogen and oxygen atoms in total. The van der Waals surface area contributed by atoms with E-state index < -0.39 is 17.5 Å². The molecule has 114 valence electrons. The molecule has 1 N–H and O–H groups in total. The molecule has 0 amide bonds. The molecule has 1 aromatic carbocycles. The lowest BCUT2D eigenvalue weighted by Gasteiger charge is -2.14. The Kier molecular flexibility index (Phi) is 7.68. The lowest BCUT2D eigenvalue weighted by molar-refractivity contribution is 0.441. The molecule has 0 aliphatic heterocycles. The second kappa shape index (κ2) is 9.28. The molecule has 0 heterocycles. The van der Waals surface area contributed by atoms with Crippen LogP contribution in [0.2, 0.25) is 0 Å². The van der Waals surface area contributed by atoms with Gasteiger partial charge >= 0.3 is 0 Å². The van der Waals surface area contributed by atoms with Crippen LogP contribution in [0, 0.1) is 22.9 Å². The molecule has 0 aromatic heterocycles. The summed E-state index contributed by atoms with van der Waals surface area (Å²) in [5.41, 5.74) is 0.262. The first-order valence-corrected chi connectivity index (χ1v) is 7.46. The van der Waals surface area contributed by atoms with Crippen LogP contribution in [0.5, 0.6) is 0 Å². The molecular formula is C15H17F3N2S. The monoisotopic (exact) mass is 314 g/mol. The molecule has 21 heavy (non-hydrogen) atoms. The highest BCUT2D eigenvalue weighted by Gasteiger charge is 2.11. The van der Waals surface area contributed by atoms with Crippen molar-refractivity contribution in [3.63, 3.8) is 0 Å². The summed E-state index contributed by atoms with van der Waals surface area (Å²) in [6, 6.07) is 1.86. The Labute approximate surface area is 126 Å². The second-order valence-electron chi connectivity index (χ2n) is 4.17. The molecule has 0 atom stereocenters. The SMILES string of the molecule is CC/C=C/SC/C=C/N(C=N)Cc1cc(F)c(F)c(F)c1. The van der Waals surface area contributed by atoms with E-state index in [2.05, 4.69) is 0 Å². The van der Waals surface area contributed by atoms with Gasteiger partial charge in [-0.1, -0.05) is 19.1 Å². The maximum Gasteiger partial charge on any atom is 0.194 e. The summed E-state index contributed by atoms with van der Waals surface area (Å²) in [6.07, 6.45) is 7.55. The van der Waals surface area contributed by atoms with Crippen LogP contribution in [0.1, 0.15) is 18.9 Å². The molecule has 0 aliphatic rings. The van der Waals surface area contributed by atoms with Gasteiger partial charge in [-0.3, -0.25) is 5.41 Å². The Morgan fingerprint density at radius 1 is 1.19 bits per heavy atom. The molecule has 0 unspecified atom stereocenters. The molecule has 0 radical (unpaired) electrons. The van der Waals surface area contributed by atoms with Crippen molar-refractivity contribution in [2.24, 2.45) is 0 Å². The average Bonchev–Trinajstić information content (AvgIpc) is 2.47. The number of nitrogens with zero attached hydrogens (tertiary/aromatic N) is 1. The van der Waals surface area contributed by atoms with Gasteiger partial charge in [-0.2, -0.15) is 0 Å². The minimum Gasteiger partial charge on any atom is -0.335 e. The topological polar surface area (TPSA) is 27.1 Å². The van der Waals surface area contributed by atoms with Crippen molar-refractivity contribution in [1.29, 1.82) is 5.41 Å². The van der Waals surface area contributed by atoms with Crippen LogP contribution in [-0.2, 0) is 6.54 Å². The molecule has 6 heteroatoms. The van der Waals surface area contributed by atoms with Crippen molar-refractivity contribution in [3.05, 3.63) is 58.9 Å². The zero-order valence-corrected chi connectivity index (χ0v) is 12.5. The number of rotatable bonds is 8. The van der Waals surface area contributed by atoms with Gasteiger partial charge in [0.05, 0.1) is 6.34 Å². The Bertz CT molecular complexity index is 507. The van der Waals surface area contributed by atoms with Crippen LogP contribution >= 0.6 is 11.8 Å². The van der Waals surface area contributed by atoms with E-state index in [1.54, 1.807) is 18.0 Å². The molecular weight excluding hydrogens is 297 g/mol. The van der Waals surface area contributed by atoms with Crippen molar-refractivity contribution in [1.82, 2.24) is 4.90 Å². The summed E-state index contributed by atoms with van der Waals surface area (Å²) in [5.74, 6) is -3.19. The number of thioether (sulfide) groups is 1. The van der Waals surface area contributed by atoms with E-state index in [4.69, 9.17) is 5.41 Å². The van der Waals surface area contributed by atoms with Gasteiger partial charge in [0, 0.05) is 18.5 Å². The molecule has 0 fully saturated rings. The van der Waals surface area contributed by atoms with Crippen LogP contribution in [0.15, 0.2) is 35.9 Å². The predicted molar refractivity (Wildman–Crippen MR) is 81.7 cm³/mol. The number of benzene rings is 1. The predicted octanol–water partition coefficient (Wildman–Crippen LogP) is 4.68. The minimum absolute atomic E-state index is 0.101. The maximum atomic E-state index is 13.1. The highest BCUT2D eigenvalue weighted by molar-refractivity contribution is 8.02. The van der Waals surface area contributed by atoms with Crippen molar-refractivity contribution >= 4 is 18.1 Å². The summed E-state index contributed by atoms with van der Waals surface area (Å²) in [6.45, 7) is 2.15. The quantitative estimate of drug-likeness (QED) is 0.326. The molecule has 0 saturated carbocycles. The zero-order valence-electron chi connectivity index (χ0n) is 11.7. The number of allylic oxidation sites excluding steroid dienone is 1. The standard InChI is InChI=1S/C15H17F3N2S/c1-2-3-6-21-7-4-5-20(11-19)10-12-8-13(16)15(18)14(17)9-12/h3-6,8-9,11,19H,2,7,10H2,1H3/b5-4+,6-3+,19-11?. The highest BCUT2D eigenvalue weighted by atomic mass is 32.2. The molecule has 0 saturated heterocycles. The van der Waals surface area contributed by atoms with E-state index in [0.717, 1.165) is 30.6 Å². The number of halogens is 3.